The van der Waals surface area contributed by atoms with Crippen LogP contribution in [-0.2, 0) is 4.79 Å². The molecular formula is C15H23N3O3. The minimum absolute atomic E-state index is 0.0279. The van der Waals surface area contributed by atoms with Gasteiger partial charge in [-0.25, -0.2) is 4.79 Å². The summed E-state index contributed by atoms with van der Waals surface area (Å²) in [5.74, 6) is -1.05. The topological polar surface area (TPSA) is 72.9 Å². The number of nitrogens with zero attached hydrogens (tertiary/aromatic N) is 2. The molecule has 0 saturated carbocycles. The zero-order chi connectivity index (χ0) is 15.8. The summed E-state index contributed by atoms with van der Waals surface area (Å²) in [6, 6.07) is 8.37. The second-order valence-electron chi connectivity index (χ2n) is 5.26. The predicted octanol–water partition coefficient (Wildman–Crippen LogP) is 1.63. The highest BCUT2D eigenvalue weighted by molar-refractivity contribution is 5.96. The van der Waals surface area contributed by atoms with Crippen LogP contribution in [0.3, 0.4) is 0 Å². The van der Waals surface area contributed by atoms with E-state index in [4.69, 9.17) is 5.11 Å². The molecule has 0 heterocycles. The molecule has 1 aromatic carbocycles. The van der Waals surface area contributed by atoms with E-state index in [1.165, 1.54) is 4.90 Å². The van der Waals surface area contributed by atoms with Crippen molar-refractivity contribution in [2.24, 2.45) is 0 Å². The van der Waals surface area contributed by atoms with E-state index in [2.05, 4.69) is 5.32 Å². The quantitative estimate of drug-likeness (QED) is 0.801. The van der Waals surface area contributed by atoms with Gasteiger partial charge in [-0.15, -0.1) is 0 Å². The number of rotatable bonds is 7. The van der Waals surface area contributed by atoms with Gasteiger partial charge in [-0.05, 0) is 46.1 Å². The van der Waals surface area contributed by atoms with Crippen molar-refractivity contribution < 1.29 is 14.7 Å². The standard InChI is InChI=1S/C15H23N3O3/c1-12(9-10-17(2)3)16-15(21)18(11-14(19)20)13-7-5-4-6-8-13/h4-8,12H,9-11H2,1-3H3,(H,16,21)(H,19,20). The number of carboxylic acids is 1. The fourth-order valence-corrected chi connectivity index (χ4v) is 1.84. The SMILES string of the molecule is CC(CCN(C)C)NC(=O)N(CC(=O)O)c1ccccc1. The fraction of sp³-hybridized carbons (Fsp3) is 0.467. The maximum Gasteiger partial charge on any atom is 0.323 e. The molecule has 0 aliphatic rings. The Balaban J connectivity index is 2.70. The molecule has 6 nitrogen and oxygen atoms in total. The number of carbonyl (C=O) groups is 2. The van der Waals surface area contributed by atoms with Gasteiger partial charge in [0, 0.05) is 11.7 Å². The van der Waals surface area contributed by atoms with Crippen LogP contribution in [-0.4, -0.2) is 55.2 Å². The molecule has 0 saturated heterocycles. The number of hydrogen-bond donors (Lipinski definition) is 2. The molecular weight excluding hydrogens is 270 g/mol. The molecule has 2 amide bonds. The molecule has 21 heavy (non-hydrogen) atoms. The molecule has 0 aliphatic carbocycles. The maximum atomic E-state index is 12.3. The van der Waals surface area contributed by atoms with E-state index in [0.717, 1.165) is 13.0 Å². The number of amides is 2. The van der Waals surface area contributed by atoms with Gasteiger partial charge in [0.15, 0.2) is 0 Å². The Morgan fingerprint density at radius 1 is 1.24 bits per heavy atom. The lowest BCUT2D eigenvalue weighted by molar-refractivity contribution is -0.135. The van der Waals surface area contributed by atoms with Gasteiger partial charge in [-0.1, -0.05) is 18.2 Å². The summed E-state index contributed by atoms with van der Waals surface area (Å²) in [4.78, 5) is 26.5. The number of carbonyl (C=O) groups excluding carboxylic acids is 1. The summed E-state index contributed by atoms with van der Waals surface area (Å²) in [5, 5.41) is 11.8. The van der Waals surface area contributed by atoms with Gasteiger partial charge >= 0.3 is 12.0 Å². The Morgan fingerprint density at radius 2 is 1.86 bits per heavy atom. The number of para-hydroxylation sites is 1. The zero-order valence-corrected chi connectivity index (χ0v) is 12.7. The van der Waals surface area contributed by atoms with Crippen LogP contribution < -0.4 is 10.2 Å². The molecule has 0 spiro atoms. The lowest BCUT2D eigenvalue weighted by Gasteiger charge is -2.24. The van der Waals surface area contributed by atoms with Gasteiger partial charge in [-0.3, -0.25) is 9.69 Å². The van der Waals surface area contributed by atoms with Crippen LogP contribution in [0.2, 0.25) is 0 Å². The van der Waals surface area contributed by atoms with Crippen LogP contribution in [0.15, 0.2) is 30.3 Å². The summed E-state index contributed by atoms with van der Waals surface area (Å²) in [7, 11) is 3.94. The molecule has 0 radical (unpaired) electrons. The van der Waals surface area contributed by atoms with E-state index in [-0.39, 0.29) is 12.6 Å². The second-order valence-corrected chi connectivity index (χ2v) is 5.26. The second kappa shape index (κ2) is 8.26. The van der Waals surface area contributed by atoms with E-state index in [1.807, 2.05) is 32.0 Å². The van der Waals surface area contributed by atoms with Crippen LogP contribution in [0.25, 0.3) is 0 Å². The molecule has 1 atom stereocenters. The molecule has 0 bridgehead atoms. The Hall–Kier alpha value is -2.08. The van der Waals surface area contributed by atoms with Crippen molar-refractivity contribution >= 4 is 17.7 Å². The van der Waals surface area contributed by atoms with E-state index in [1.54, 1.807) is 24.3 Å². The molecule has 1 unspecified atom stereocenters. The number of nitrogens with one attached hydrogen (secondary N) is 1. The van der Waals surface area contributed by atoms with Gasteiger partial charge in [0.1, 0.15) is 6.54 Å². The predicted molar refractivity (Wildman–Crippen MR) is 82.6 cm³/mol. The third-order valence-corrected chi connectivity index (χ3v) is 2.99. The molecule has 2 N–H and O–H groups in total. The first-order valence-electron chi connectivity index (χ1n) is 6.89. The van der Waals surface area contributed by atoms with Crippen molar-refractivity contribution in [3.63, 3.8) is 0 Å². The molecule has 0 aliphatic heterocycles. The average molecular weight is 293 g/mol. The first-order valence-corrected chi connectivity index (χ1v) is 6.89. The number of urea groups is 1. The van der Waals surface area contributed by atoms with Crippen LogP contribution >= 0.6 is 0 Å². The fourth-order valence-electron chi connectivity index (χ4n) is 1.84. The average Bonchev–Trinajstić information content (AvgIpc) is 2.43. The zero-order valence-electron chi connectivity index (χ0n) is 12.7. The smallest absolute Gasteiger partial charge is 0.323 e. The minimum Gasteiger partial charge on any atom is -0.480 e. The maximum absolute atomic E-state index is 12.3. The minimum atomic E-state index is -1.05. The van der Waals surface area contributed by atoms with Crippen LogP contribution in [0.4, 0.5) is 10.5 Å². The summed E-state index contributed by atoms with van der Waals surface area (Å²) >= 11 is 0. The van der Waals surface area contributed by atoms with Crippen molar-refractivity contribution in [3.05, 3.63) is 30.3 Å². The van der Waals surface area contributed by atoms with Crippen molar-refractivity contribution in [1.29, 1.82) is 0 Å². The van der Waals surface area contributed by atoms with E-state index in [9.17, 15) is 9.59 Å². The number of aliphatic carboxylic acids is 1. The molecule has 0 aromatic heterocycles. The number of benzene rings is 1. The lowest BCUT2D eigenvalue weighted by atomic mass is 10.2. The summed E-state index contributed by atoms with van der Waals surface area (Å²) in [6.07, 6.45) is 0.800. The van der Waals surface area contributed by atoms with Gasteiger partial charge < -0.3 is 15.3 Å². The molecule has 116 valence electrons. The highest BCUT2D eigenvalue weighted by Crippen LogP contribution is 2.13. The Morgan fingerprint density at radius 3 is 2.38 bits per heavy atom. The largest absolute Gasteiger partial charge is 0.480 e. The van der Waals surface area contributed by atoms with Crippen LogP contribution in [0, 0.1) is 0 Å². The van der Waals surface area contributed by atoms with Crippen molar-refractivity contribution in [2.45, 2.75) is 19.4 Å². The summed E-state index contributed by atoms with van der Waals surface area (Å²) in [6.45, 7) is 2.40. The van der Waals surface area contributed by atoms with E-state index in [0.29, 0.717) is 5.69 Å². The Kier molecular flexibility index (Phi) is 6.68. The van der Waals surface area contributed by atoms with Gasteiger partial charge in [0.05, 0.1) is 0 Å². The number of hydrogen-bond acceptors (Lipinski definition) is 3. The third kappa shape index (κ3) is 6.27. The van der Waals surface area contributed by atoms with Crippen molar-refractivity contribution in [3.8, 4) is 0 Å². The summed E-state index contributed by atoms with van der Waals surface area (Å²) in [5.41, 5.74) is 0.567. The molecule has 6 heteroatoms. The Bertz CT molecular complexity index is 462. The number of anilines is 1. The van der Waals surface area contributed by atoms with Crippen molar-refractivity contribution in [2.75, 3.05) is 32.1 Å². The first-order chi connectivity index (χ1) is 9.90. The molecule has 1 rings (SSSR count). The van der Waals surface area contributed by atoms with Crippen LogP contribution in [0.1, 0.15) is 13.3 Å². The third-order valence-electron chi connectivity index (χ3n) is 2.99. The lowest BCUT2D eigenvalue weighted by Crippen LogP contribution is -2.46. The first kappa shape index (κ1) is 17.0. The monoisotopic (exact) mass is 293 g/mol. The van der Waals surface area contributed by atoms with E-state index >= 15 is 0 Å². The summed E-state index contributed by atoms with van der Waals surface area (Å²) < 4.78 is 0. The van der Waals surface area contributed by atoms with Gasteiger partial charge in [-0.2, -0.15) is 0 Å². The van der Waals surface area contributed by atoms with Gasteiger partial charge in [0.25, 0.3) is 0 Å². The van der Waals surface area contributed by atoms with E-state index < -0.39 is 12.0 Å². The molecule has 1 aromatic rings. The Labute approximate surface area is 125 Å². The van der Waals surface area contributed by atoms with Crippen molar-refractivity contribution in [1.82, 2.24) is 10.2 Å². The number of carboxylic acid groups (broad SMARTS) is 1. The molecule has 0 fully saturated rings. The van der Waals surface area contributed by atoms with Crippen LogP contribution in [0.5, 0.6) is 0 Å². The van der Waals surface area contributed by atoms with Gasteiger partial charge in [0.2, 0.25) is 0 Å². The highest BCUT2D eigenvalue weighted by atomic mass is 16.4. The normalized spacial score (nSPS) is 12.0. The highest BCUT2D eigenvalue weighted by Gasteiger charge is 2.20.